The Kier molecular flexibility index (Phi) is 3.01. The lowest BCUT2D eigenvalue weighted by atomic mass is 10.2. The van der Waals surface area contributed by atoms with Crippen molar-refractivity contribution in [3.8, 4) is 6.07 Å². The molecule has 12 heavy (non-hydrogen) atoms. The van der Waals surface area contributed by atoms with Crippen molar-refractivity contribution in [2.24, 2.45) is 0 Å². The van der Waals surface area contributed by atoms with Crippen molar-refractivity contribution in [1.29, 1.82) is 5.26 Å². The number of hydrogen-bond donors (Lipinski definition) is 0. The number of halogens is 1. The van der Waals surface area contributed by atoms with E-state index in [9.17, 15) is 0 Å². The van der Waals surface area contributed by atoms with E-state index in [0.29, 0.717) is 5.82 Å². The van der Waals surface area contributed by atoms with E-state index in [4.69, 9.17) is 16.9 Å². The van der Waals surface area contributed by atoms with Gasteiger partial charge in [0, 0.05) is 17.8 Å². The molecule has 0 radical (unpaired) electrons. The monoisotopic (exact) mass is 181 g/mol. The third-order valence-electron chi connectivity index (χ3n) is 1.44. The van der Waals surface area contributed by atoms with Crippen molar-refractivity contribution >= 4 is 11.6 Å². The molecule has 3 nitrogen and oxygen atoms in total. The zero-order valence-electron chi connectivity index (χ0n) is 6.66. The Bertz CT molecular complexity index is 305. The highest BCUT2D eigenvalue weighted by molar-refractivity contribution is 6.18. The van der Waals surface area contributed by atoms with Gasteiger partial charge in [-0.25, -0.2) is 9.97 Å². The zero-order valence-corrected chi connectivity index (χ0v) is 7.41. The molecule has 0 aromatic carbocycles. The van der Waals surface area contributed by atoms with Crippen LogP contribution in [0.25, 0.3) is 0 Å². The van der Waals surface area contributed by atoms with Crippen LogP contribution in [-0.4, -0.2) is 15.8 Å². The van der Waals surface area contributed by atoms with Crippen LogP contribution in [-0.2, 0) is 0 Å². The molecule has 0 saturated carbocycles. The molecule has 0 amide bonds. The first-order valence-corrected chi connectivity index (χ1v) is 4.06. The van der Waals surface area contributed by atoms with Gasteiger partial charge in [-0.3, -0.25) is 0 Å². The van der Waals surface area contributed by atoms with Crippen LogP contribution in [0.5, 0.6) is 0 Å². The summed E-state index contributed by atoms with van der Waals surface area (Å²) in [6.45, 7) is 1.86. The molecule has 0 fully saturated rings. The van der Waals surface area contributed by atoms with E-state index in [1.165, 1.54) is 0 Å². The van der Waals surface area contributed by atoms with Gasteiger partial charge >= 0.3 is 0 Å². The second-order valence-electron chi connectivity index (χ2n) is 2.39. The van der Waals surface area contributed by atoms with E-state index in [1.807, 2.05) is 13.0 Å². The van der Waals surface area contributed by atoms with Crippen molar-refractivity contribution in [3.63, 3.8) is 0 Å². The minimum atomic E-state index is -0.397. The molecule has 4 heteroatoms. The first kappa shape index (κ1) is 8.95. The van der Waals surface area contributed by atoms with Crippen LogP contribution in [0.1, 0.15) is 17.4 Å². The Labute approximate surface area is 76.0 Å². The molecule has 62 valence electrons. The summed E-state index contributed by atoms with van der Waals surface area (Å²) in [5.74, 6) is 0.346. The maximum atomic E-state index is 8.66. The summed E-state index contributed by atoms with van der Waals surface area (Å²) in [4.78, 5) is 8.06. The molecule has 0 bridgehead atoms. The molecule has 0 saturated heterocycles. The van der Waals surface area contributed by atoms with E-state index >= 15 is 0 Å². The van der Waals surface area contributed by atoms with Gasteiger partial charge in [-0.2, -0.15) is 5.26 Å². The summed E-state index contributed by atoms with van der Waals surface area (Å²) in [6.07, 6.45) is 1.63. The maximum absolute atomic E-state index is 8.66. The average molecular weight is 182 g/mol. The molecule has 0 spiro atoms. The van der Waals surface area contributed by atoms with Crippen LogP contribution in [0.15, 0.2) is 12.3 Å². The lowest BCUT2D eigenvalue weighted by Crippen LogP contribution is -2.04. The molecule has 0 N–H and O–H groups in total. The van der Waals surface area contributed by atoms with Crippen molar-refractivity contribution < 1.29 is 0 Å². The molecule has 1 atom stereocenters. The molecule has 1 aromatic rings. The van der Waals surface area contributed by atoms with Crippen LogP contribution in [0.3, 0.4) is 0 Å². The number of aromatic nitrogens is 2. The predicted molar refractivity (Wildman–Crippen MR) is 45.8 cm³/mol. The number of rotatable bonds is 2. The van der Waals surface area contributed by atoms with Crippen LogP contribution in [0.4, 0.5) is 0 Å². The number of nitrogens with zero attached hydrogens (tertiary/aromatic N) is 3. The quantitative estimate of drug-likeness (QED) is 0.652. The topological polar surface area (TPSA) is 49.6 Å². The zero-order chi connectivity index (χ0) is 8.97. The number of aryl methyl sites for hydroxylation is 1. The first-order valence-electron chi connectivity index (χ1n) is 3.53. The SMILES string of the molecule is Cc1ccnc(C(C#N)CCl)n1. The molecular weight excluding hydrogens is 174 g/mol. The van der Waals surface area contributed by atoms with E-state index in [1.54, 1.807) is 12.3 Å². The van der Waals surface area contributed by atoms with Gasteiger partial charge in [-0.1, -0.05) is 0 Å². The number of nitriles is 1. The Morgan fingerprint density at radius 1 is 1.75 bits per heavy atom. The minimum absolute atomic E-state index is 0.236. The second-order valence-corrected chi connectivity index (χ2v) is 2.70. The van der Waals surface area contributed by atoms with Crippen LogP contribution < -0.4 is 0 Å². The molecule has 0 aliphatic rings. The first-order chi connectivity index (χ1) is 5.77. The third-order valence-corrected chi connectivity index (χ3v) is 1.74. The van der Waals surface area contributed by atoms with Gasteiger partial charge in [0.25, 0.3) is 0 Å². The Morgan fingerprint density at radius 2 is 2.50 bits per heavy atom. The summed E-state index contributed by atoms with van der Waals surface area (Å²) < 4.78 is 0. The van der Waals surface area contributed by atoms with Gasteiger partial charge in [-0.15, -0.1) is 11.6 Å². The molecule has 1 rings (SSSR count). The van der Waals surface area contributed by atoms with Gasteiger partial charge < -0.3 is 0 Å². The van der Waals surface area contributed by atoms with Gasteiger partial charge in [0.2, 0.25) is 0 Å². The standard InChI is InChI=1S/C8H8ClN3/c1-6-2-3-11-8(12-6)7(4-9)5-10/h2-3,7H,4H2,1H3. The number of alkyl halides is 1. The van der Waals surface area contributed by atoms with Crippen LogP contribution in [0, 0.1) is 18.3 Å². The smallest absolute Gasteiger partial charge is 0.146 e. The van der Waals surface area contributed by atoms with Crippen LogP contribution >= 0.6 is 11.6 Å². The molecule has 1 unspecified atom stereocenters. The van der Waals surface area contributed by atoms with Gasteiger partial charge in [0.15, 0.2) is 0 Å². The highest BCUT2D eigenvalue weighted by Gasteiger charge is 2.11. The molecule has 1 heterocycles. The van der Waals surface area contributed by atoms with E-state index in [2.05, 4.69) is 9.97 Å². The summed E-state index contributed by atoms with van der Waals surface area (Å²) in [5, 5.41) is 8.66. The molecule has 0 aliphatic carbocycles. The third kappa shape index (κ3) is 1.93. The highest BCUT2D eigenvalue weighted by atomic mass is 35.5. The lowest BCUT2D eigenvalue weighted by Gasteiger charge is -2.02. The molecule has 0 aliphatic heterocycles. The Morgan fingerprint density at radius 3 is 3.00 bits per heavy atom. The fourth-order valence-electron chi connectivity index (χ4n) is 0.797. The second kappa shape index (κ2) is 4.03. The number of hydrogen-bond acceptors (Lipinski definition) is 3. The van der Waals surface area contributed by atoms with Gasteiger partial charge in [-0.05, 0) is 13.0 Å². The average Bonchev–Trinajstić information content (AvgIpc) is 2.07. The maximum Gasteiger partial charge on any atom is 0.146 e. The largest absolute Gasteiger partial charge is 0.240 e. The summed E-state index contributed by atoms with van der Waals surface area (Å²) >= 11 is 5.55. The summed E-state index contributed by atoms with van der Waals surface area (Å²) in [5.41, 5.74) is 0.852. The van der Waals surface area contributed by atoms with Crippen molar-refractivity contribution in [1.82, 2.24) is 9.97 Å². The minimum Gasteiger partial charge on any atom is -0.240 e. The van der Waals surface area contributed by atoms with E-state index in [-0.39, 0.29) is 5.88 Å². The summed E-state index contributed by atoms with van der Waals surface area (Å²) in [7, 11) is 0. The van der Waals surface area contributed by atoms with Gasteiger partial charge in [0.1, 0.15) is 11.7 Å². The summed E-state index contributed by atoms with van der Waals surface area (Å²) in [6, 6.07) is 3.82. The normalized spacial score (nSPS) is 12.1. The highest BCUT2D eigenvalue weighted by Crippen LogP contribution is 2.11. The Hall–Kier alpha value is -1.14. The van der Waals surface area contributed by atoms with Gasteiger partial charge in [0.05, 0.1) is 6.07 Å². The van der Waals surface area contributed by atoms with Crippen molar-refractivity contribution in [3.05, 3.63) is 23.8 Å². The predicted octanol–water partition coefficient (Wildman–Crippen LogP) is 1.63. The molecule has 1 aromatic heterocycles. The van der Waals surface area contributed by atoms with Crippen molar-refractivity contribution in [2.45, 2.75) is 12.8 Å². The van der Waals surface area contributed by atoms with E-state index < -0.39 is 5.92 Å². The van der Waals surface area contributed by atoms with Crippen LogP contribution in [0.2, 0.25) is 0 Å². The van der Waals surface area contributed by atoms with E-state index in [0.717, 1.165) is 5.69 Å². The lowest BCUT2D eigenvalue weighted by molar-refractivity contribution is 0.846. The fraction of sp³-hybridized carbons (Fsp3) is 0.375. The van der Waals surface area contributed by atoms with Crippen molar-refractivity contribution in [2.75, 3.05) is 5.88 Å². The molecular formula is C8H8ClN3. The Balaban J connectivity index is 2.95. The fourth-order valence-corrected chi connectivity index (χ4v) is 1.00.